The second-order valence-corrected chi connectivity index (χ2v) is 6.31. The zero-order valence-electron chi connectivity index (χ0n) is 11.8. The number of methoxy groups -OCH3 is 1. The molecule has 0 atom stereocenters. The van der Waals surface area contributed by atoms with Crippen LogP contribution in [0.25, 0.3) is 0 Å². The van der Waals surface area contributed by atoms with Crippen molar-refractivity contribution in [3.05, 3.63) is 21.2 Å². The van der Waals surface area contributed by atoms with E-state index in [1.165, 1.54) is 12.8 Å². The Morgan fingerprint density at radius 1 is 1.26 bits per heavy atom. The summed E-state index contributed by atoms with van der Waals surface area (Å²) in [6.45, 7) is 4.56. The van der Waals surface area contributed by atoms with Crippen molar-refractivity contribution >= 4 is 15.9 Å². The summed E-state index contributed by atoms with van der Waals surface area (Å²) < 4.78 is 6.39. The molecule has 0 heterocycles. The quantitative estimate of drug-likeness (QED) is 0.892. The lowest BCUT2D eigenvalue weighted by molar-refractivity contribution is 0.351. The summed E-state index contributed by atoms with van der Waals surface area (Å²) in [7, 11) is 1.59. The molecule has 1 aromatic rings. The highest BCUT2D eigenvalue weighted by atomic mass is 79.9. The molecular weight excluding hydrogens is 306 g/mol. The molecule has 19 heavy (non-hydrogen) atoms. The van der Waals surface area contributed by atoms with Gasteiger partial charge in [-0.05, 0) is 32.3 Å². The molecule has 1 aliphatic carbocycles. The van der Waals surface area contributed by atoms with Gasteiger partial charge in [0.15, 0.2) is 11.5 Å². The monoisotopic (exact) mass is 327 g/mol. The average molecular weight is 328 g/mol. The highest BCUT2D eigenvalue weighted by Crippen LogP contribution is 2.51. The van der Waals surface area contributed by atoms with Gasteiger partial charge in [0.2, 0.25) is 0 Å². The van der Waals surface area contributed by atoms with E-state index < -0.39 is 0 Å². The van der Waals surface area contributed by atoms with Crippen molar-refractivity contribution in [2.45, 2.75) is 44.9 Å². The van der Waals surface area contributed by atoms with Crippen molar-refractivity contribution in [2.75, 3.05) is 13.7 Å². The summed E-state index contributed by atoms with van der Waals surface area (Å²) in [5.74, 6) is 0.834. The number of rotatable bonds is 3. The Morgan fingerprint density at radius 3 is 2.32 bits per heavy atom. The van der Waals surface area contributed by atoms with Gasteiger partial charge in [-0.1, -0.05) is 28.8 Å². The normalized spacial score (nSPS) is 17.7. The second-order valence-electron chi connectivity index (χ2n) is 5.51. The third-order valence-electron chi connectivity index (χ3n) is 4.51. The van der Waals surface area contributed by atoms with Crippen LogP contribution in [0.4, 0.5) is 0 Å². The Bertz CT molecular complexity index is 494. The molecule has 106 valence electrons. The molecule has 0 amide bonds. The lowest BCUT2D eigenvalue weighted by Gasteiger charge is -2.32. The molecule has 1 aromatic carbocycles. The largest absolute Gasteiger partial charge is 0.504 e. The molecule has 0 spiro atoms. The molecule has 0 bridgehead atoms. The molecule has 3 nitrogen and oxygen atoms in total. The van der Waals surface area contributed by atoms with Crippen LogP contribution in [0, 0.1) is 13.8 Å². The first-order chi connectivity index (χ1) is 8.98. The molecular formula is C15H22BrNO2. The summed E-state index contributed by atoms with van der Waals surface area (Å²) in [6.07, 6.45) is 4.42. The van der Waals surface area contributed by atoms with Crippen LogP contribution in [-0.2, 0) is 5.41 Å². The molecule has 3 N–H and O–H groups in total. The molecule has 1 aliphatic rings. The standard InChI is InChI=1S/C15H22BrNO2/c1-9-11(15(8-17)6-4-5-7-15)13(18)14(19-3)10(2)12(9)16/h18H,4-8,17H2,1-3H3. The molecule has 0 aromatic heterocycles. The highest BCUT2D eigenvalue weighted by Gasteiger charge is 2.39. The minimum Gasteiger partial charge on any atom is -0.504 e. The highest BCUT2D eigenvalue weighted by molar-refractivity contribution is 9.10. The molecule has 1 fully saturated rings. The summed E-state index contributed by atoms with van der Waals surface area (Å²) in [6, 6.07) is 0. The van der Waals surface area contributed by atoms with Crippen LogP contribution in [0.2, 0.25) is 0 Å². The number of ether oxygens (including phenoxy) is 1. The third kappa shape index (κ3) is 2.15. The van der Waals surface area contributed by atoms with Crippen LogP contribution in [0.1, 0.15) is 42.4 Å². The average Bonchev–Trinajstić information content (AvgIpc) is 2.87. The number of hydrogen-bond donors (Lipinski definition) is 2. The van der Waals surface area contributed by atoms with E-state index in [1.54, 1.807) is 7.11 Å². The van der Waals surface area contributed by atoms with Gasteiger partial charge < -0.3 is 15.6 Å². The lowest BCUT2D eigenvalue weighted by atomic mass is 9.76. The van der Waals surface area contributed by atoms with Crippen LogP contribution in [0.5, 0.6) is 11.5 Å². The van der Waals surface area contributed by atoms with E-state index in [9.17, 15) is 5.11 Å². The topological polar surface area (TPSA) is 55.5 Å². The number of phenolic OH excluding ortho intramolecular Hbond substituents is 1. The Kier molecular flexibility index (Phi) is 4.11. The minimum atomic E-state index is -0.0995. The van der Waals surface area contributed by atoms with Crippen LogP contribution in [0.15, 0.2) is 4.47 Å². The van der Waals surface area contributed by atoms with E-state index in [-0.39, 0.29) is 11.2 Å². The van der Waals surface area contributed by atoms with Crippen molar-refractivity contribution in [3.63, 3.8) is 0 Å². The number of nitrogens with two attached hydrogens (primary N) is 1. The van der Waals surface area contributed by atoms with E-state index in [0.717, 1.165) is 34.0 Å². The Balaban J connectivity index is 2.72. The van der Waals surface area contributed by atoms with Gasteiger partial charge in [-0.2, -0.15) is 0 Å². The van der Waals surface area contributed by atoms with Gasteiger partial charge in [0, 0.05) is 27.6 Å². The fraction of sp³-hybridized carbons (Fsp3) is 0.600. The number of phenols is 1. The van der Waals surface area contributed by atoms with Gasteiger partial charge >= 0.3 is 0 Å². The van der Waals surface area contributed by atoms with Crippen molar-refractivity contribution in [3.8, 4) is 11.5 Å². The van der Waals surface area contributed by atoms with Crippen LogP contribution < -0.4 is 10.5 Å². The maximum absolute atomic E-state index is 10.6. The Labute approximate surface area is 123 Å². The van der Waals surface area contributed by atoms with Crippen molar-refractivity contribution in [1.29, 1.82) is 0 Å². The maximum Gasteiger partial charge on any atom is 0.164 e. The van der Waals surface area contributed by atoms with E-state index in [0.29, 0.717) is 12.3 Å². The second kappa shape index (κ2) is 5.33. The first-order valence-electron chi connectivity index (χ1n) is 6.74. The fourth-order valence-electron chi connectivity index (χ4n) is 3.47. The molecule has 0 radical (unpaired) electrons. The molecule has 4 heteroatoms. The SMILES string of the molecule is COc1c(C)c(Br)c(C)c(C2(CN)CCCC2)c1O. The van der Waals surface area contributed by atoms with Gasteiger partial charge in [0.1, 0.15) is 0 Å². The molecule has 1 saturated carbocycles. The summed E-state index contributed by atoms with van der Waals surface area (Å²) in [5, 5.41) is 10.6. The van der Waals surface area contributed by atoms with E-state index in [2.05, 4.69) is 15.9 Å². The fourth-order valence-corrected chi connectivity index (χ4v) is 3.84. The van der Waals surface area contributed by atoms with Gasteiger partial charge in [0.05, 0.1) is 7.11 Å². The number of benzene rings is 1. The van der Waals surface area contributed by atoms with Gasteiger partial charge in [0.25, 0.3) is 0 Å². The number of aromatic hydroxyl groups is 1. The first kappa shape index (κ1) is 14.7. The van der Waals surface area contributed by atoms with Crippen LogP contribution in [-0.4, -0.2) is 18.8 Å². The lowest BCUT2D eigenvalue weighted by Crippen LogP contribution is -2.33. The van der Waals surface area contributed by atoms with E-state index in [1.807, 2.05) is 13.8 Å². The Hall–Kier alpha value is -0.740. The van der Waals surface area contributed by atoms with Gasteiger partial charge in [-0.15, -0.1) is 0 Å². The third-order valence-corrected chi connectivity index (χ3v) is 5.70. The van der Waals surface area contributed by atoms with Crippen molar-refractivity contribution in [2.24, 2.45) is 5.73 Å². The van der Waals surface area contributed by atoms with E-state index >= 15 is 0 Å². The first-order valence-corrected chi connectivity index (χ1v) is 7.54. The maximum atomic E-state index is 10.6. The molecule has 0 saturated heterocycles. The predicted molar refractivity (Wildman–Crippen MR) is 81.0 cm³/mol. The molecule has 2 rings (SSSR count). The molecule has 0 unspecified atom stereocenters. The Morgan fingerprint density at radius 2 is 1.84 bits per heavy atom. The van der Waals surface area contributed by atoms with Crippen molar-refractivity contribution < 1.29 is 9.84 Å². The number of hydrogen-bond acceptors (Lipinski definition) is 3. The number of halogens is 1. The minimum absolute atomic E-state index is 0.0995. The van der Waals surface area contributed by atoms with Crippen molar-refractivity contribution in [1.82, 2.24) is 0 Å². The summed E-state index contributed by atoms with van der Waals surface area (Å²) >= 11 is 3.62. The van der Waals surface area contributed by atoms with Crippen LogP contribution >= 0.6 is 15.9 Å². The van der Waals surface area contributed by atoms with Crippen LogP contribution in [0.3, 0.4) is 0 Å². The smallest absolute Gasteiger partial charge is 0.164 e. The zero-order valence-corrected chi connectivity index (χ0v) is 13.4. The zero-order chi connectivity index (χ0) is 14.2. The van der Waals surface area contributed by atoms with Gasteiger partial charge in [-0.3, -0.25) is 0 Å². The molecule has 0 aliphatic heterocycles. The van der Waals surface area contributed by atoms with E-state index in [4.69, 9.17) is 10.5 Å². The van der Waals surface area contributed by atoms with Gasteiger partial charge in [-0.25, -0.2) is 0 Å². The summed E-state index contributed by atoms with van der Waals surface area (Å²) in [5.41, 5.74) is 8.95. The summed E-state index contributed by atoms with van der Waals surface area (Å²) in [4.78, 5) is 0. The predicted octanol–water partition coefficient (Wildman–Crippen LogP) is 3.55.